The molecule has 3 nitrogen and oxygen atoms in total. The monoisotopic (exact) mass is 353 g/mol. The fraction of sp³-hybridized carbons (Fsp3) is 0.286. The molecule has 0 saturated carbocycles. The summed E-state index contributed by atoms with van der Waals surface area (Å²) in [5.74, 6) is -0.432. The number of anilines is 1. The summed E-state index contributed by atoms with van der Waals surface area (Å²) in [5.41, 5.74) is 2.84. The average Bonchev–Trinajstić information content (AvgIpc) is 2.88. The molecular weight excluding hydrogens is 332 g/mol. The summed E-state index contributed by atoms with van der Waals surface area (Å²) in [5, 5.41) is 0.838. The van der Waals surface area contributed by atoms with Gasteiger partial charge in [0.25, 0.3) is 0 Å². The predicted molar refractivity (Wildman–Crippen MR) is 100 cm³/mol. The van der Waals surface area contributed by atoms with E-state index in [0.29, 0.717) is 6.54 Å². The van der Waals surface area contributed by atoms with Crippen LogP contribution in [0.25, 0.3) is 10.9 Å². The van der Waals surface area contributed by atoms with Gasteiger partial charge in [-0.05, 0) is 54.4 Å². The third-order valence-electron chi connectivity index (χ3n) is 4.92. The average molecular weight is 353 g/mol. The molecule has 1 aromatic heterocycles. The Hall–Kier alpha value is -2.53. The fourth-order valence-electron chi connectivity index (χ4n) is 3.63. The van der Waals surface area contributed by atoms with E-state index in [1.165, 1.54) is 18.2 Å². The van der Waals surface area contributed by atoms with Crippen molar-refractivity contribution in [2.24, 2.45) is 0 Å². The molecule has 1 fully saturated rings. The first-order chi connectivity index (χ1) is 12.7. The van der Waals surface area contributed by atoms with Crippen LogP contribution in [0.4, 0.5) is 14.5 Å². The van der Waals surface area contributed by atoms with Crippen LogP contribution in [-0.2, 0) is 6.54 Å². The minimum atomic E-state index is -0.219. The second kappa shape index (κ2) is 7.38. The van der Waals surface area contributed by atoms with Gasteiger partial charge in [-0.1, -0.05) is 6.07 Å². The lowest BCUT2D eigenvalue weighted by molar-refractivity contribution is 0.286. The molecule has 0 aliphatic carbocycles. The number of pyridine rings is 1. The zero-order valence-electron chi connectivity index (χ0n) is 14.5. The van der Waals surface area contributed by atoms with Crippen LogP contribution in [-0.4, -0.2) is 36.1 Å². The maximum atomic E-state index is 14.0. The van der Waals surface area contributed by atoms with Gasteiger partial charge in [0.05, 0.1) is 5.52 Å². The van der Waals surface area contributed by atoms with Crippen molar-refractivity contribution in [2.45, 2.75) is 13.0 Å². The number of fused-ring (bicyclic) bond motifs is 1. The number of nitrogens with zero attached hydrogens (tertiary/aromatic N) is 3. The Morgan fingerprint density at radius 1 is 0.885 bits per heavy atom. The number of rotatable bonds is 3. The fourth-order valence-corrected chi connectivity index (χ4v) is 3.63. The van der Waals surface area contributed by atoms with Crippen LogP contribution in [0.15, 0.2) is 54.7 Å². The van der Waals surface area contributed by atoms with Crippen molar-refractivity contribution in [2.75, 3.05) is 31.1 Å². The second-order valence-electron chi connectivity index (χ2n) is 6.73. The standard InChI is InChI=1S/C21H21F2N3/c22-18-4-6-20(7-5-18)26-10-2-9-25(11-12-26)15-17-14-19(23)13-16-3-1-8-24-21(16)17/h1,3-8,13-14H,2,9-12,15H2. The van der Waals surface area contributed by atoms with Gasteiger partial charge in [-0.2, -0.15) is 0 Å². The zero-order valence-corrected chi connectivity index (χ0v) is 14.5. The number of benzene rings is 2. The summed E-state index contributed by atoms with van der Waals surface area (Å²) in [6, 6.07) is 13.5. The first kappa shape index (κ1) is 16.9. The molecule has 5 heteroatoms. The lowest BCUT2D eigenvalue weighted by Gasteiger charge is -2.24. The summed E-state index contributed by atoms with van der Waals surface area (Å²) in [6.45, 7) is 4.31. The van der Waals surface area contributed by atoms with Crippen molar-refractivity contribution in [1.29, 1.82) is 0 Å². The third-order valence-corrected chi connectivity index (χ3v) is 4.92. The molecule has 0 amide bonds. The van der Waals surface area contributed by atoms with Gasteiger partial charge in [0.1, 0.15) is 11.6 Å². The maximum absolute atomic E-state index is 14.0. The van der Waals surface area contributed by atoms with E-state index in [1.807, 2.05) is 24.3 Å². The third kappa shape index (κ3) is 3.68. The molecule has 134 valence electrons. The predicted octanol–water partition coefficient (Wildman–Crippen LogP) is 4.23. The second-order valence-corrected chi connectivity index (χ2v) is 6.73. The van der Waals surface area contributed by atoms with Crippen LogP contribution in [0.2, 0.25) is 0 Å². The number of halogens is 2. The maximum Gasteiger partial charge on any atom is 0.124 e. The van der Waals surface area contributed by atoms with Crippen molar-refractivity contribution in [3.63, 3.8) is 0 Å². The van der Waals surface area contributed by atoms with Crippen LogP contribution < -0.4 is 4.90 Å². The van der Waals surface area contributed by atoms with Gasteiger partial charge in [0.15, 0.2) is 0 Å². The highest BCUT2D eigenvalue weighted by molar-refractivity contribution is 5.81. The van der Waals surface area contributed by atoms with Crippen LogP contribution in [0.5, 0.6) is 0 Å². The Morgan fingerprint density at radius 2 is 1.73 bits per heavy atom. The van der Waals surface area contributed by atoms with Gasteiger partial charge >= 0.3 is 0 Å². The lowest BCUT2D eigenvalue weighted by Crippen LogP contribution is -2.30. The first-order valence-corrected chi connectivity index (χ1v) is 8.95. The molecule has 3 aromatic rings. The highest BCUT2D eigenvalue weighted by Crippen LogP contribution is 2.22. The molecule has 2 heterocycles. The van der Waals surface area contributed by atoms with E-state index < -0.39 is 0 Å². The van der Waals surface area contributed by atoms with Crippen molar-refractivity contribution in [1.82, 2.24) is 9.88 Å². The first-order valence-electron chi connectivity index (χ1n) is 8.95. The minimum absolute atomic E-state index is 0.212. The highest BCUT2D eigenvalue weighted by Gasteiger charge is 2.17. The van der Waals surface area contributed by atoms with Gasteiger partial charge in [-0.3, -0.25) is 9.88 Å². The quantitative estimate of drug-likeness (QED) is 0.703. The molecule has 26 heavy (non-hydrogen) atoms. The number of hydrogen-bond acceptors (Lipinski definition) is 3. The van der Waals surface area contributed by atoms with Crippen LogP contribution in [0.3, 0.4) is 0 Å². The van der Waals surface area contributed by atoms with Crippen LogP contribution >= 0.6 is 0 Å². The number of aromatic nitrogens is 1. The van der Waals surface area contributed by atoms with Gasteiger partial charge < -0.3 is 4.90 Å². The molecule has 0 spiro atoms. The molecule has 0 atom stereocenters. The summed E-state index contributed by atoms with van der Waals surface area (Å²) in [4.78, 5) is 9.06. The Morgan fingerprint density at radius 3 is 2.58 bits per heavy atom. The highest BCUT2D eigenvalue weighted by atomic mass is 19.1. The van der Waals surface area contributed by atoms with Crippen molar-refractivity contribution in [3.05, 3.63) is 71.9 Å². The Labute approximate surface area is 151 Å². The van der Waals surface area contributed by atoms with Gasteiger partial charge in [-0.15, -0.1) is 0 Å². The molecule has 1 aliphatic heterocycles. The van der Waals surface area contributed by atoms with E-state index in [4.69, 9.17) is 0 Å². The molecule has 0 radical (unpaired) electrons. The van der Waals surface area contributed by atoms with Gasteiger partial charge in [-0.25, -0.2) is 8.78 Å². The van der Waals surface area contributed by atoms with Crippen LogP contribution in [0, 0.1) is 11.6 Å². The zero-order chi connectivity index (χ0) is 17.9. The normalized spacial score (nSPS) is 16.0. The molecule has 0 bridgehead atoms. The van der Waals surface area contributed by atoms with Crippen LogP contribution in [0.1, 0.15) is 12.0 Å². The molecule has 0 N–H and O–H groups in total. The smallest absolute Gasteiger partial charge is 0.124 e. The Kier molecular flexibility index (Phi) is 4.80. The molecule has 0 unspecified atom stereocenters. The van der Waals surface area contributed by atoms with Crippen molar-refractivity contribution < 1.29 is 8.78 Å². The lowest BCUT2D eigenvalue weighted by atomic mass is 10.1. The summed E-state index contributed by atoms with van der Waals surface area (Å²) in [6.07, 6.45) is 2.76. The molecule has 1 saturated heterocycles. The van der Waals surface area contributed by atoms with E-state index in [1.54, 1.807) is 12.3 Å². The van der Waals surface area contributed by atoms with Crippen molar-refractivity contribution in [3.8, 4) is 0 Å². The van der Waals surface area contributed by atoms with E-state index in [-0.39, 0.29) is 11.6 Å². The van der Waals surface area contributed by atoms with Gasteiger partial charge in [0.2, 0.25) is 0 Å². The summed E-state index contributed by atoms with van der Waals surface area (Å²) in [7, 11) is 0. The molecule has 4 rings (SSSR count). The SMILES string of the molecule is Fc1ccc(N2CCCN(Cc3cc(F)cc4cccnc34)CC2)cc1. The number of hydrogen-bond donors (Lipinski definition) is 0. The Bertz CT molecular complexity index is 895. The summed E-state index contributed by atoms with van der Waals surface area (Å²) >= 11 is 0. The molecule has 2 aromatic carbocycles. The largest absolute Gasteiger partial charge is 0.370 e. The Balaban J connectivity index is 1.49. The van der Waals surface area contributed by atoms with E-state index in [2.05, 4.69) is 14.8 Å². The van der Waals surface area contributed by atoms with Gasteiger partial charge in [0, 0.05) is 50.0 Å². The minimum Gasteiger partial charge on any atom is -0.370 e. The topological polar surface area (TPSA) is 19.4 Å². The summed E-state index contributed by atoms with van der Waals surface area (Å²) < 4.78 is 27.1. The van der Waals surface area contributed by atoms with E-state index in [0.717, 1.165) is 54.8 Å². The molecular formula is C21H21F2N3. The van der Waals surface area contributed by atoms with Crippen molar-refractivity contribution >= 4 is 16.6 Å². The molecule has 1 aliphatic rings. The van der Waals surface area contributed by atoms with E-state index in [9.17, 15) is 8.78 Å². The van der Waals surface area contributed by atoms with E-state index >= 15 is 0 Å².